The molecule has 1 heterocycles. The molecule has 0 spiro atoms. The molecule has 1 amide bonds. The minimum atomic E-state index is -0.736. The van der Waals surface area contributed by atoms with Crippen LogP contribution in [0.3, 0.4) is 0 Å². The first-order chi connectivity index (χ1) is 8.61. The van der Waals surface area contributed by atoms with Gasteiger partial charge in [0.25, 0.3) is 0 Å². The van der Waals surface area contributed by atoms with Crippen LogP contribution in [0.5, 0.6) is 0 Å². The smallest absolute Gasteiger partial charge is 0.243 e. The van der Waals surface area contributed by atoms with Gasteiger partial charge in [-0.2, -0.15) is 5.26 Å². The average Bonchev–Trinajstić information content (AvgIpc) is 2.35. The number of nitriles is 1. The van der Waals surface area contributed by atoms with Gasteiger partial charge in [0.1, 0.15) is 5.41 Å². The fraction of sp³-hybridized carbons (Fsp3) is 0.857. The first-order valence-electron chi connectivity index (χ1n) is 6.93. The molecule has 2 aliphatic rings. The number of aliphatic hydroxyl groups is 1. The van der Waals surface area contributed by atoms with Crippen molar-refractivity contribution in [3.8, 4) is 6.07 Å². The van der Waals surface area contributed by atoms with Crippen LogP contribution >= 0.6 is 0 Å². The van der Waals surface area contributed by atoms with Gasteiger partial charge in [-0.1, -0.05) is 6.92 Å². The number of piperidine rings is 1. The van der Waals surface area contributed by atoms with E-state index in [1.807, 2.05) is 4.90 Å². The molecule has 0 bridgehead atoms. The SMILES string of the molecule is CC1CC(C#N)(C(=O)N2CCCC(CCO)C2)C1. The molecule has 4 nitrogen and oxygen atoms in total. The Bertz CT molecular complexity index is 353. The second-order valence-corrected chi connectivity index (χ2v) is 5.98. The Morgan fingerprint density at radius 2 is 2.28 bits per heavy atom. The quantitative estimate of drug-likeness (QED) is 0.826. The van der Waals surface area contributed by atoms with Crippen LogP contribution in [0.1, 0.15) is 39.0 Å². The minimum Gasteiger partial charge on any atom is -0.396 e. The van der Waals surface area contributed by atoms with Gasteiger partial charge < -0.3 is 10.0 Å². The summed E-state index contributed by atoms with van der Waals surface area (Å²) < 4.78 is 0. The highest BCUT2D eigenvalue weighted by Gasteiger charge is 2.51. The fourth-order valence-corrected chi connectivity index (χ4v) is 3.41. The lowest BCUT2D eigenvalue weighted by Gasteiger charge is -2.44. The molecule has 2 fully saturated rings. The molecule has 4 heteroatoms. The zero-order valence-electron chi connectivity index (χ0n) is 11.1. The Hall–Kier alpha value is -1.08. The van der Waals surface area contributed by atoms with Gasteiger partial charge in [-0.25, -0.2) is 0 Å². The summed E-state index contributed by atoms with van der Waals surface area (Å²) in [6.07, 6.45) is 4.26. The number of hydrogen-bond acceptors (Lipinski definition) is 3. The van der Waals surface area contributed by atoms with Gasteiger partial charge in [-0.05, 0) is 43.9 Å². The Labute approximate surface area is 109 Å². The highest BCUT2D eigenvalue weighted by molar-refractivity contribution is 5.86. The van der Waals surface area contributed by atoms with Crippen molar-refractivity contribution in [1.82, 2.24) is 4.90 Å². The fourth-order valence-electron chi connectivity index (χ4n) is 3.41. The minimum absolute atomic E-state index is 0.0331. The summed E-state index contributed by atoms with van der Waals surface area (Å²) in [6, 6.07) is 2.25. The summed E-state index contributed by atoms with van der Waals surface area (Å²) in [6.45, 7) is 3.77. The van der Waals surface area contributed by atoms with Gasteiger partial charge in [0.05, 0.1) is 6.07 Å². The molecule has 1 saturated carbocycles. The van der Waals surface area contributed by atoms with E-state index >= 15 is 0 Å². The van der Waals surface area contributed by atoms with Crippen molar-refractivity contribution >= 4 is 5.91 Å². The lowest BCUT2D eigenvalue weighted by Crippen LogP contribution is -2.52. The molecule has 0 aromatic heterocycles. The second-order valence-electron chi connectivity index (χ2n) is 5.98. The Balaban J connectivity index is 1.98. The first-order valence-corrected chi connectivity index (χ1v) is 6.93. The maximum Gasteiger partial charge on any atom is 0.243 e. The van der Waals surface area contributed by atoms with Gasteiger partial charge >= 0.3 is 0 Å². The molecular weight excluding hydrogens is 228 g/mol. The maximum atomic E-state index is 12.5. The average molecular weight is 250 g/mol. The van der Waals surface area contributed by atoms with Gasteiger partial charge in [0.2, 0.25) is 5.91 Å². The molecule has 0 aromatic rings. The van der Waals surface area contributed by atoms with Crippen molar-refractivity contribution in [2.75, 3.05) is 19.7 Å². The maximum absolute atomic E-state index is 12.5. The second kappa shape index (κ2) is 5.27. The summed E-state index contributed by atoms with van der Waals surface area (Å²) in [5.41, 5.74) is -0.736. The van der Waals surface area contributed by atoms with Crippen LogP contribution in [0.2, 0.25) is 0 Å². The third kappa shape index (κ3) is 2.37. The summed E-state index contributed by atoms with van der Waals surface area (Å²) in [5.74, 6) is 0.929. The summed E-state index contributed by atoms with van der Waals surface area (Å²) in [7, 11) is 0. The van der Waals surface area contributed by atoms with E-state index in [2.05, 4.69) is 13.0 Å². The number of amides is 1. The number of nitrogens with zero attached hydrogens (tertiary/aromatic N) is 2. The number of carbonyl (C=O) groups is 1. The molecule has 1 aliphatic carbocycles. The zero-order valence-corrected chi connectivity index (χ0v) is 11.1. The van der Waals surface area contributed by atoms with E-state index in [9.17, 15) is 10.1 Å². The van der Waals surface area contributed by atoms with Crippen molar-refractivity contribution in [2.24, 2.45) is 17.3 Å². The monoisotopic (exact) mass is 250 g/mol. The summed E-state index contributed by atoms with van der Waals surface area (Å²) >= 11 is 0. The van der Waals surface area contributed by atoms with Crippen LogP contribution in [0.25, 0.3) is 0 Å². The van der Waals surface area contributed by atoms with Crippen LogP contribution in [-0.2, 0) is 4.79 Å². The third-order valence-corrected chi connectivity index (χ3v) is 4.36. The van der Waals surface area contributed by atoms with Crippen molar-refractivity contribution in [1.29, 1.82) is 5.26 Å². The van der Waals surface area contributed by atoms with Gasteiger partial charge in [0, 0.05) is 19.7 Å². The van der Waals surface area contributed by atoms with Gasteiger partial charge in [-0.3, -0.25) is 4.79 Å². The van der Waals surface area contributed by atoms with Crippen LogP contribution in [-0.4, -0.2) is 35.6 Å². The Morgan fingerprint density at radius 1 is 1.56 bits per heavy atom. The van der Waals surface area contributed by atoms with E-state index < -0.39 is 5.41 Å². The molecule has 1 N–H and O–H groups in total. The van der Waals surface area contributed by atoms with Crippen molar-refractivity contribution < 1.29 is 9.90 Å². The van der Waals surface area contributed by atoms with Crippen LogP contribution < -0.4 is 0 Å². The number of carbonyl (C=O) groups excluding carboxylic acids is 1. The van der Waals surface area contributed by atoms with E-state index in [0.717, 1.165) is 32.4 Å². The first kappa shape index (κ1) is 13.4. The van der Waals surface area contributed by atoms with Crippen molar-refractivity contribution in [2.45, 2.75) is 39.0 Å². The number of rotatable bonds is 3. The third-order valence-electron chi connectivity index (χ3n) is 4.36. The Kier molecular flexibility index (Phi) is 3.91. The largest absolute Gasteiger partial charge is 0.396 e. The number of aliphatic hydroxyl groups excluding tert-OH is 1. The topological polar surface area (TPSA) is 64.3 Å². The van der Waals surface area contributed by atoms with Gasteiger partial charge in [-0.15, -0.1) is 0 Å². The molecule has 1 aliphatic heterocycles. The lowest BCUT2D eigenvalue weighted by atomic mass is 9.62. The van der Waals surface area contributed by atoms with Crippen LogP contribution in [0, 0.1) is 28.6 Å². The van der Waals surface area contributed by atoms with E-state index in [1.54, 1.807) is 0 Å². The lowest BCUT2D eigenvalue weighted by molar-refractivity contribution is -0.147. The summed E-state index contributed by atoms with van der Waals surface area (Å²) in [4.78, 5) is 14.3. The highest BCUT2D eigenvalue weighted by Crippen LogP contribution is 2.46. The highest BCUT2D eigenvalue weighted by atomic mass is 16.3. The zero-order chi connectivity index (χ0) is 13.2. The van der Waals surface area contributed by atoms with Crippen LogP contribution in [0.4, 0.5) is 0 Å². The van der Waals surface area contributed by atoms with E-state index in [4.69, 9.17) is 5.11 Å². The van der Waals surface area contributed by atoms with Crippen LogP contribution in [0.15, 0.2) is 0 Å². The predicted octanol–water partition coefficient (Wildman–Crippen LogP) is 1.55. The summed E-state index contributed by atoms with van der Waals surface area (Å²) in [5, 5.41) is 18.3. The molecular formula is C14H22N2O2. The van der Waals surface area contributed by atoms with Crippen molar-refractivity contribution in [3.05, 3.63) is 0 Å². The molecule has 1 saturated heterocycles. The number of likely N-dealkylation sites (tertiary alicyclic amines) is 1. The molecule has 0 aromatic carbocycles. The molecule has 1 unspecified atom stereocenters. The molecule has 0 radical (unpaired) electrons. The normalized spacial score (nSPS) is 35.7. The standard InChI is InChI=1S/C14H22N2O2/c1-11-7-14(8-11,10-15)13(18)16-5-2-3-12(9-16)4-6-17/h11-12,17H,2-9H2,1H3. The molecule has 2 rings (SSSR count). The molecule has 18 heavy (non-hydrogen) atoms. The van der Waals surface area contributed by atoms with Crippen molar-refractivity contribution in [3.63, 3.8) is 0 Å². The van der Waals surface area contributed by atoms with E-state index in [-0.39, 0.29) is 12.5 Å². The Morgan fingerprint density at radius 3 is 2.83 bits per heavy atom. The molecule has 100 valence electrons. The van der Waals surface area contributed by atoms with E-state index in [1.165, 1.54) is 0 Å². The predicted molar refractivity (Wildman–Crippen MR) is 67.5 cm³/mol. The van der Waals surface area contributed by atoms with Gasteiger partial charge in [0.15, 0.2) is 0 Å². The van der Waals surface area contributed by atoms with E-state index in [0.29, 0.717) is 24.7 Å². The number of hydrogen-bond donors (Lipinski definition) is 1. The molecule has 1 atom stereocenters.